The molecule has 2 amide bonds. The zero-order valence-corrected chi connectivity index (χ0v) is 9.74. The molecular formula is C14H16NO2. The molecule has 3 nitrogen and oxygen atoms in total. The van der Waals surface area contributed by atoms with Gasteiger partial charge >= 0.3 is 0 Å². The van der Waals surface area contributed by atoms with E-state index in [2.05, 4.69) is 11.4 Å². The van der Waals surface area contributed by atoms with Crippen molar-refractivity contribution in [3.63, 3.8) is 0 Å². The number of rotatable bonds is 2. The normalized spacial score (nSPS) is 16.5. The molecule has 1 aromatic rings. The van der Waals surface area contributed by atoms with Crippen LogP contribution >= 0.6 is 0 Å². The van der Waals surface area contributed by atoms with Crippen molar-refractivity contribution in [3.05, 3.63) is 35.9 Å². The molecule has 1 radical (unpaired) electrons. The van der Waals surface area contributed by atoms with Crippen LogP contribution in [0.2, 0.25) is 0 Å². The van der Waals surface area contributed by atoms with E-state index in [1.807, 2.05) is 0 Å². The molecule has 0 aliphatic heterocycles. The SMILES string of the molecule is O=C(NC(=O)C1CCCCC1)c1c[c]ccc1. The molecule has 0 unspecified atom stereocenters. The monoisotopic (exact) mass is 230 g/mol. The van der Waals surface area contributed by atoms with Crippen molar-refractivity contribution in [2.45, 2.75) is 32.1 Å². The molecule has 1 fully saturated rings. The lowest BCUT2D eigenvalue weighted by Gasteiger charge is -2.20. The largest absolute Gasteiger partial charge is 0.292 e. The number of nitrogens with one attached hydrogen (secondary N) is 1. The van der Waals surface area contributed by atoms with E-state index >= 15 is 0 Å². The molecule has 0 saturated heterocycles. The summed E-state index contributed by atoms with van der Waals surface area (Å²) in [4.78, 5) is 23.6. The van der Waals surface area contributed by atoms with Crippen LogP contribution in [-0.4, -0.2) is 11.8 Å². The number of carbonyl (C=O) groups is 2. The van der Waals surface area contributed by atoms with Crippen LogP contribution in [0.1, 0.15) is 42.5 Å². The van der Waals surface area contributed by atoms with E-state index in [4.69, 9.17) is 0 Å². The van der Waals surface area contributed by atoms with Gasteiger partial charge in [0, 0.05) is 11.5 Å². The lowest BCUT2D eigenvalue weighted by atomic mass is 9.88. The van der Waals surface area contributed by atoms with Gasteiger partial charge in [-0.25, -0.2) is 0 Å². The minimum absolute atomic E-state index is 0.0143. The number of hydrogen-bond acceptors (Lipinski definition) is 2. The third-order valence-electron chi connectivity index (χ3n) is 3.18. The Morgan fingerprint density at radius 1 is 1.24 bits per heavy atom. The van der Waals surface area contributed by atoms with E-state index in [0.717, 1.165) is 25.7 Å². The first kappa shape index (κ1) is 11.8. The van der Waals surface area contributed by atoms with Crippen molar-refractivity contribution in [1.29, 1.82) is 0 Å². The van der Waals surface area contributed by atoms with Crippen molar-refractivity contribution in [2.24, 2.45) is 5.92 Å². The van der Waals surface area contributed by atoms with Crippen LogP contribution in [-0.2, 0) is 4.79 Å². The highest BCUT2D eigenvalue weighted by Crippen LogP contribution is 2.23. The minimum atomic E-state index is -0.322. The van der Waals surface area contributed by atoms with Crippen molar-refractivity contribution < 1.29 is 9.59 Å². The fourth-order valence-electron chi connectivity index (χ4n) is 2.19. The average Bonchev–Trinajstić information content (AvgIpc) is 2.40. The highest BCUT2D eigenvalue weighted by molar-refractivity contribution is 6.05. The fraction of sp³-hybridized carbons (Fsp3) is 0.429. The zero-order chi connectivity index (χ0) is 12.1. The van der Waals surface area contributed by atoms with Crippen LogP contribution in [0, 0.1) is 12.0 Å². The molecule has 1 aliphatic carbocycles. The second-order valence-electron chi connectivity index (χ2n) is 4.45. The van der Waals surface area contributed by atoms with Gasteiger partial charge in [-0.15, -0.1) is 0 Å². The first-order chi connectivity index (χ1) is 8.27. The van der Waals surface area contributed by atoms with Crippen molar-refractivity contribution in [1.82, 2.24) is 5.32 Å². The Morgan fingerprint density at radius 3 is 2.65 bits per heavy atom. The van der Waals surface area contributed by atoms with Crippen LogP contribution in [0.4, 0.5) is 0 Å². The number of imide groups is 1. The van der Waals surface area contributed by atoms with Gasteiger partial charge in [0.15, 0.2) is 0 Å². The number of carbonyl (C=O) groups excluding carboxylic acids is 2. The minimum Gasteiger partial charge on any atom is -0.292 e. The van der Waals surface area contributed by atoms with Gasteiger partial charge in [-0.2, -0.15) is 0 Å². The first-order valence-corrected chi connectivity index (χ1v) is 6.08. The van der Waals surface area contributed by atoms with E-state index in [-0.39, 0.29) is 17.7 Å². The Kier molecular flexibility index (Phi) is 3.91. The summed E-state index contributed by atoms with van der Waals surface area (Å²) in [6.07, 6.45) is 5.18. The molecule has 3 heteroatoms. The maximum absolute atomic E-state index is 11.8. The van der Waals surface area contributed by atoms with E-state index in [1.165, 1.54) is 6.42 Å². The van der Waals surface area contributed by atoms with Gasteiger partial charge in [0.05, 0.1) is 0 Å². The predicted octanol–water partition coefficient (Wildman–Crippen LogP) is 2.32. The van der Waals surface area contributed by atoms with E-state index in [1.54, 1.807) is 24.3 Å². The van der Waals surface area contributed by atoms with E-state index < -0.39 is 0 Å². The molecular weight excluding hydrogens is 214 g/mol. The first-order valence-electron chi connectivity index (χ1n) is 6.08. The van der Waals surface area contributed by atoms with Gasteiger partial charge in [0.25, 0.3) is 5.91 Å². The fourth-order valence-corrected chi connectivity index (χ4v) is 2.19. The molecule has 0 aromatic heterocycles. The Balaban J connectivity index is 1.92. The second kappa shape index (κ2) is 5.62. The van der Waals surface area contributed by atoms with Crippen LogP contribution in [0.5, 0.6) is 0 Å². The smallest absolute Gasteiger partial charge is 0.257 e. The van der Waals surface area contributed by atoms with Crippen molar-refractivity contribution in [3.8, 4) is 0 Å². The lowest BCUT2D eigenvalue weighted by molar-refractivity contribution is -0.124. The topological polar surface area (TPSA) is 46.2 Å². The Labute approximate surface area is 101 Å². The number of benzene rings is 1. The highest BCUT2D eigenvalue weighted by Gasteiger charge is 2.22. The molecule has 89 valence electrons. The molecule has 1 aliphatic rings. The molecule has 1 aromatic carbocycles. The van der Waals surface area contributed by atoms with Gasteiger partial charge < -0.3 is 0 Å². The summed E-state index contributed by atoms with van der Waals surface area (Å²) in [5, 5.41) is 2.47. The second-order valence-corrected chi connectivity index (χ2v) is 4.45. The molecule has 1 saturated carbocycles. The highest BCUT2D eigenvalue weighted by atomic mass is 16.2. The standard InChI is InChI=1S/C14H16NO2/c16-13(11-7-3-1-4-8-11)15-14(17)12-9-5-2-6-10-12/h1,3,7-8,12H,2,5-6,9-10H2,(H,15,16,17). The Bertz CT molecular complexity index is 394. The van der Waals surface area contributed by atoms with Gasteiger partial charge in [-0.3, -0.25) is 14.9 Å². The third-order valence-corrected chi connectivity index (χ3v) is 3.18. The molecule has 1 N–H and O–H groups in total. The summed E-state index contributed by atoms with van der Waals surface area (Å²) in [6.45, 7) is 0. The van der Waals surface area contributed by atoms with Crippen molar-refractivity contribution >= 4 is 11.8 Å². The summed E-state index contributed by atoms with van der Waals surface area (Å²) in [6, 6.07) is 9.55. The number of hydrogen-bond donors (Lipinski definition) is 1. The quantitative estimate of drug-likeness (QED) is 0.792. The summed E-state index contributed by atoms with van der Waals surface area (Å²) in [5.74, 6) is -0.434. The summed E-state index contributed by atoms with van der Waals surface area (Å²) in [7, 11) is 0. The molecule has 0 heterocycles. The average molecular weight is 230 g/mol. The predicted molar refractivity (Wildman–Crippen MR) is 64.3 cm³/mol. The zero-order valence-electron chi connectivity index (χ0n) is 9.74. The molecule has 0 atom stereocenters. The van der Waals surface area contributed by atoms with E-state index in [0.29, 0.717) is 5.56 Å². The van der Waals surface area contributed by atoms with Crippen molar-refractivity contribution in [2.75, 3.05) is 0 Å². The Hall–Kier alpha value is -1.64. The molecule has 2 rings (SSSR count). The maximum Gasteiger partial charge on any atom is 0.257 e. The summed E-state index contributed by atoms with van der Waals surface area (Å²) in [5.41, 5.74) is 0.483. The molecule has 0 spiro atoms. The summed E-state index contributed by atoms with van der Waals surface area (Å²) < 4.78 is 0. The van der Waals surface area contributed by atoms with Gasteiger partial charge in [-0.1, -0.05) is 31.4 Å². The van der Waals surface area contributed by atoms with Gasteiger partial charge in [0.1, 0.15) is 0 Å². The number of amides is 2. The maximum atomic E-state index is 11.8. The Morgan fingerprint density at radius 2 is 2.00 bits per heavy atom. The lowest BCUT2D eigenvalue weighted by Crippen LogP contribution is -2.36. The third kappa shape index (κ3) is 3.16. The van der Waals surface area contributed by atoms with Gasteiger partial charge in [-0.05, 0) is 31.0 Å². The van der Waals surface area contributed by atoms with Crippen LogP contribution in [0.25, 0.3) is 0 Å². The van der Waals surface area contributed by atoms with E-state index in [9.17, 15) is 9.59 Å². The van der Waals surface area contributed by atoms with Gasteiger partial charge in [0.2, 0.25) is 5.91 Å². The molecule has 17 heavy (non-hydrogen) atoms. The van der Waals surface area contributed by atoms with Crippen LogP contribution < -0.4 is 5.32 Å². The molecule has 0 bridgehead atoms. The van der Waals surface area contributed by atoms with Crippen LogP contribution in [0.3, 0.4) is 0 Å². The van der Waals surface area contributed by atoms with Crippen LogP contribution in [0.15, 0.2) is 24.3 Å². The summed E-state index contributed by atoms with van der Waals surface area (Å²) >= 11 is 0.